The van der Waals surface area contributed by atoms with Crippen molar-refractivity contribution < 1.29 is 23.9 Å². The van der Waals surface area contributed by atoms with Crippen LogP contribution in [-0.2, 0) is 19.1 Å². The zero-order chi connectivity index (χ0) is 25.1. The van der Waals surface area contributed by atoms with E-state index >= 15 is 0 Å². The number of amides is 3. The first-order valence-electron chi connectivity index (χ1n) is 12.1. The summed E-state index contributed by atoms with van der Waals surface area (Å²) in [7, 11) is 0. The Bertz CT molecular complexity index is 834. The molecule has 0 bridgehead atoms. The fourth-order valence-corrected chi connectivity index (χ4v) is 3.74. The van der Waals surface area contributed by atoms with Gasteiger partial charge in [0, 0.05) is 37.4 Å². The molecule has 1 fully saturated rings. The number of nitrogens with one attached hydrogen (secondary N) is 2. The molecule has 9 heteroatoms. The lowest BCUT2D eigenvalue weighted by Crippen LogP contribution is -2.58. The first kappa shape index (κ1) is 27.1. The van der Waals surface area contributed by atoms with Crippen LogP contribution in [0, 0.1) is 5.92 Å². The van der Waals surface area contributed by atoms with Gasteiger partial charge in [-0.3, -0.25) is 19.2 Å². The number of carbonyl (C=O) groups excluding carboxylic acids is 4. The van der Waals surface area contributed by atoms with E-state index in [2.05, 4.69) is 10.6 Å². The minimum absolute atomic E-state index is 0.00199. The SMILES string of the molecule is CCCN(CCC)C(=O)c1ccc(NCC(=O)N2CCNC(=O)C2CC(=O)OCC(C)C)cc1. The van der Waals surface area contributed by atoms with Gasteiger partial charge in [-0.2, -0.15) is 0 Å². The molecule has 1 unspecified atom stereocenters. The molecule has 1 aromatic carbocycles. The number of hydrogen-bond donors (Lipinski definition) is 2. The summed E-state index contributed by atoms with van der Waals surface area (Å²) < 4.78 is 5.19. The molecular weight excluding hydrogens is 436 g/mol. The number of anilines is 1. The first-order valence-corrected chi connectivity index (χ1v) is 12.1. The van der Waals surface area contributed by atoms with Gasteiger partial charge in [0.15, 0.2) is 0 Å². The van der Waals surface area contributed by atoms with E-state index in [0.717, 1.165) is 25.9 Å². The van der Waals surface area contributed by atoms with Gasteiger partial charge in [0.1, 0.15) is 6.04 Å². The maximum absolute atomic E-state index is 12.9. The average molecular weight is 475 g/mol. The molecule has 9 nitrogen and oxygen atoms in total. The van der Waals surface area contributed by atoms with Crippen molar-refractivity contribution in [1.29, 1.82) is 0 Å². The van der Waals surface area contributed by atoms with Gasteiger partial charge in [0.05, 0.1) is 19.6 Å². The molecule has 34 heavy (non-hydrogen) atoms. The van der Waals surface area contributed by atoms with Crippen LogP contribution in [0.5, 0.6) is 0 Å². The van der Waals surface area contributed by atoms with Crippen LogP contribution in [0.1, 0.15) is 57.3 Å². The number of carbonyl (C=O) groups is 4. The molecule has 1 saturated heterocycles. The third-order valence-corrected chi connectivity index (χ3v) is 5.44. The lowest BCUT2D eigenvalue weighted by Gasteiger charge is -2.34. The van der Waals surface area contributed by atoms with E-state index in [1.165, 1.54) is 4.90 Å². The lowest BCUT2D eigenvalue weighted by atomic mass is 10.1. The van der Waals surface area contributed by atoms with Crippen molar-refractivity contribution >= 4 is 29.4 Å². The molecule has 2 N–H and O–H groups in total. The Morgan fingerprint density at radius 1 is 1.15 bits per heavy atom. The van der Waals surface area contributed by atoms with Crippen molar-refractivity contribution in [2.45, 2.75) is 53.0 Å². The molecule has 1 heterocycles. The molecule has 0 saturated carbocycles. The monoisotopic (exact) mass is 474 g/mol. The Kier molecular flexibility index (Phi) is 10.8. The average Bonchev–Trinajstić information content (AvgIpc) is 2.82. The van der Waals surface area contributed by atoms with Gasteiger partial charge in [-0.05, 0) is 43.0 Å². The predicted octanol–water partition coefficient (Wildman–Crippen LogP) is 2.28. The van der Waals surface area contributed by atoms with Crippen LogP contribution in [0.25, 0.3) is 0 Å². The van der Waals surface area contributed by atoms with E-state index < -0.39 is 12.0 Å². The minimum atomic E-state index is -0.883. The van der Waals surface area contributed by atoms with Crippen molar-refractivity contribution in [1.82, 2.24) is 15.1 Å². The topological polar surface area (TPSA) is 108 Å². The van der Waals surface area contributed by atoms with Gasteiger partial charge in [0.2, 0.25) is 11.8 Å². The summed E-state index contributed by atoms with van der Waals surface area (Å²) in [5, 5.41) is 5.76. The molecule has 188 valence electrons. The summed E-state index contributed by atoms with van der Waals surface area (Å²) in [5.41, 5.74) is 1.29. The predicted molar refractivity (Wildman–Crippen MR) is 130 cm³/mol. The number of hydrogen-bond acceptors (Lipinski definition) is 6. The van der Waals surface area contributed by atoms with Crippen molar-refractivity contribution in [3.05, 3.63) is 29.8 Å². The number of ether oxygens (including phenoxy) is 1. The summed E-state index contributed by atoms with van der Waals surface area (Å²) in [6.07, 6.45) is 1.63. The van der Waals surface area contributed by atoms with Crippen LogP contribution in [0.3, 0.4) is 0 Å². The summed E-state index contributed by atoms with van der Waals surface area (Å²) in [6, 6.07) is 6.14. The summed E-state index contributed by atoms with van der Waals surface area (Å²) in [5.74, 6) is -0.949. The van der Waals surface area contributed by atoms with Gasteiger partial charge >= 0.3 is 5.97 Å². The van der Waals surface area contributed by atoms with Crippen LogP contribution >= 0.6 is 0 Å². The molecule has 2 rings (SSSR count). The van der Waals surface area contributed by atoms with Crippen LogP contribution in [0.15, 0.2) is 24.3 Å². The smallest absolute Gasteiger partial charge is 0.308 e. The second-order valence-corrected chi connectivity index (χ2v) is 8.90. The summed E-state index contributed by atoms with van der Waals surface area (Å²) in [6.45, 7) is 10.3. The molecule has 0 spiro atoms. The van der Waals surface area contributed by atoms with E-state index in [0.29, 0.717) is 24.3 Å². The zero-order valence-electron chi connectivity index (χ0n) is 20.8. The zero-order valence-corrected chi connectivity index (χ0v) is 20.8. The van der Waals surface area contributed by atoms with E-state index in [1.54, 1.807) is 24.3 Å². The van der Waals surface area contributed by atoms with Gasteiger partial charge in [-0.25, -0.2) is 0 Å². The van der Waals surface area contributed by atoms with E-state index in [9.17, 15) is 19.2 Å². The molecule has 1 aliphatic rings. The Hall–Kier alpha value is -3.10. The number of benzene rings is 1. The number of piperazine rings is 1. The summed E-state index contributed by atoms with van der Waals surface area (Å²) >= 11 is 0. The van der Waals surface area contributed by atoms with E-state index in [1.807, 2.05) is 32.6 Å². The Morgan fingerprint density at radius 2 is 1.79 bits per heavy atom. The van der Waals surface area contributed by atoms with Crippen molar-refractivity contribution in [3.8, 4) is 0 Å². The van der Waals surface area contributed by atoms with Crippen LogP contribution in [-0.4, -0.2) is 78.9 Å². The molecular formula is C25H38N4O5. The van der Waals surface area contributed by atoms with E-state index in [4.69, 9.17) is 4.74 Å². The van der Waals surface area contributed by atoms with Gasteiger partial charge < -0.3 is 25.2 Å². The maximum Gasteiger partial charge on any atom is 0.308 e. The second-order valence-electron chi connectivity index (χ2n) is 8.90. The Labute approximate surface area is 202 Å². The third kappa shape index (κ3) is 8.04. The highest BCUT2D eigenvalue weighted by Gasteiger charge is 2.35. The summed E-state index contributed by atoms with van der Waals surface area (Å²) in [4.78, 5) is 53.3. The van der Waals surface area contributed by atoms with Gasteiger partial charge in [0.25, 0.3) is 5.91 Å². The fourth-order valence-electron chi connectivity index (χ4n) is 3.74. The van der Waals surface area contributed by atoms with Crippen molar-refractivity contribution in [3.63, 3.8) is 0 Å². The third-order valence-electron chi connectivity index (χ3n) is 5.44. The molecule has 1 aromatic rings. The highest BCUT2D eigenvalue weighted by atomic mass is 16.5. The largest absolute Gasteiger partial charge is 0.465 e. The lowest BCUT2D eigenvalue weighted by molar-refractivity contribution is -0.152. The molecule has 0 aromatic heterocycles. The Balaban J connectivity index is 1.95. The number of rotatable bonds is 12. The molecule has 0 aliphatic carbocycles. The molecule has 0 radical (unpaired) electrons. The molecule has 1 atom stereocenters. The minimum Gasteiger partial charge on any atom is -0.465 e. The highest BCUT2D eigenvalue weighted by Crippen LogP contribution is 2.14. The van der Waals surface area contributed by atoms with Gasteiger partial charge in [-0.15, -0.1) is 0 Å². The second kappa shape index (κ2) is 13.6. The van der Waals surface area contributed by atoms with Crippen LogP contribution in [0.4, 0.5) is 5.69 Å². The maximum atomic E-state index is 12.9. The Morgan fingerprint density at radius 3 is 2.38 bits per heavy atom. The fraction of sp³-hybridized carbons (Fsp3) is 0.600. The van der Waals surface area contributed by atoms with E-state index in [-0.39, 0.29) is 43.2 Å². The number of nitrogens with zero attached hydrogens (tertiary/aromatic N) is 2. The van der Waals surface area contributed by atoms with Gasteiger partial charge in [-0.1, -0.05) is 27.7 Å². The number of esters is 1. The van der Waals surface area contributed by atoms with Crippen molar-refractivity contribution in [2.75, 3.05) is 44.6 Å². The molecule has 3 amide bonds. The first-order chi connectivity index (χ1) is 16.3. The van der Waals surface area contributed by atoms with Crippen molar-refractivity contribution in [2.24, 2.45) is 5.92 Å². The highest BCUT2D eigenvalue weighted by molar-refractivity contribution is 5.95. The quantitative estimate of drug-likeness (QED) is 0.450. The normalized spacial score (nSPS) is 15.6. The standard InChI is InChI=1S/C25H38N4O5/c1-5-12-28(13-6-2)25(33)19-7-9-20(10-8-19)27-16-22(30)29-14-11-26-24(32)21(29)15-23(31)34-17-18(3)4/h7-10,18,21,27H,5-6,11-17H2,1-4H3,(H,26,32). The van der Waals surface area contributed by atoms with Crippen LogP contribution < -0.4 is 10.6 Å². The van der Waals surface area contributed by atoms with Crippen LogP contribution in [0.2, 0.25) is 0 Å². The molecule has 1 aliphatic heterocycles.